The lowest BCUT2D eigenvalue weighted by atomic mass is 9.69. The van der Waals surface area contributed by atoms with Gasteiger partial charge in [0.25, 0.3) is 0 Å². The number of ether oxygens (including phenoxy) is 1. The fraction of sp³-hybridized carbons (Fsp3) is 0.250. The minimum Gasteiger partial charge on any atom is -0.487 e. The lowest BCUT2D eigenvalue weighted by molar-refractivity contribution is -0.167. The van der Waals surface area contributed by atoms with E-state index in [2.05, 4.69) is 4.98 Å². The molecule has 2 aromatic carbocycles. The predicted molar refractivity (Wildman–Crippen MR) is 164 cm³/mol. The van der Waals surface area contributed by atoms with E-state index in [1.165, 1.54) is 11.3 Å². The van der Waals surface area contributed by atoms with Crippen molar-refractivity contribution in [1.29, 1.82) is 0 Å². The summed E-state index contributed by atoms with van der Waals surface area (Å²) < 4.78 is 7.73. The van der Waals surface area contributed by atoms with Gasteiger partial charge >= 0.3 is 11.9 Å². The van der Waals surface area contributed by atoms with Gasteiger partial charge in [-0.3, -0.25) is 14.3 Å². The van der Waals surface area contributed by atoms with Crippen molar-refractivity contribution in [1.82, 2.24) is 14.8 Å². The number of rotatable bonds is 13. The third kappa shape index (κ3) is 5.86. The molecular weight excluding hydrogens is 571 g/mol. The molecule has 3 heterocycles. The molecule has 42 heavy (non-hydrogen) atoms. The molecule has 216 valence electrons. The maximum absolute atomic E-state index is 12.4. The summed E-state index contributed by atoms with van der Waals surface area (Å²) in [5, 5.41) is 29.9. The fourth-order valence-electron chi connectivity index (χ4n) is 5.27. The SMILES string of the molecule is CCC(c1cn(Cc2ccc(OCc3csc(-c4ccccc4)n3)cc2)nc1-c1cccs1)C(CC)(C(=O)O)C(=O)O. The van der Waals surface area contributed by atoms with Crippen LogP contribution in [0.4, 0.5) is 0 Å². The number of carboxylic acid groups (broad SMARTS) is 2. The van der Waals surface area contributed by atoms with E-state index in [4.69, 9.17) is 9.84 Å². The van der Waals surface area contributed by atoms with E-state index in [9.17, 15) is 19.8 Å². The van der Waals surface area contributed by atoms with Gasteiger partial charge in [0.2, 0.25) is 0 Å². The molecule has 10 heteroatoms. The molecule has 1 atom stereocenters. The lowest BCUT2D eigenvalue weighted by Crippen LogP contribution is -2.44. The standard InChI is InChI=1S/C32H31N3O5S2/c1-3-26(32(4-2,30(36)37)31(38)39)25-18-35(34-28(25)27-11-8-16-41-27)17-21-12-14-24(15-13-21)40-19-23-20-42-29(33-23)22-9-6-5-7-10-22/h5-16,18,20,26H,3-4,17,19H2,1-2H3,(H,36,37)(H,38,39). The quantitative estimate of drug-likeness (QED) is 0.135. The second-order valence-electron chi connectivity index (χ2n) is 9.95. The minimum atomic E-state index is -1.95. The molecule has 0 amide bonds. The fourth-order valence-corrected chi connectivity index (χ4v) is 6.81. The van der Waals surface area contributed by atoms with Gasteiger partial charge < -0.3 is 14.9 Å². The van der Waals surface area contributed by atoms with Gasteiger partial charge in [-0.25, -0.2) is 4.98 Å². The Morgan fingerprint density at radius 1 is 0.976 bits per heavy atom. The Balaban J connectivity index is 1.34. The molecule has 8 nitrogen and oxygen atoms in total. The third-order valence-electron chi connectivity index (χ3n) is 7.47. The maximum Gasteiger partial charge on any atom is 0.321 e. The Labute approximate surface area is 251 Å². The third-order valence-corrected chi connectivity index (χ3v) is 9.29. The Morgan fingerprint density at radius 3 is 2.33 bits per heavy atom. The number of aromatic nitrogens is 3. The van der Waals surface area contributed by atoms with Crippen molar-refractivity contribution in [2.24, 2.45) is 5.41 Å². The first-order valence-corrected chi connectivity index (χ1v) is 15.4. The van der Waals surface area contributed by atoms with Crippen molar-refractivity contribution in [2.45, 2.75) is 45.8 Å². The van der Waals surface area contributed by atoms with Crippen LogP contribution in [0.15, 0.2) is 83.7 Å². The number of nitrogens with zero attached hydrogens (tertiary/aromatic N) is 3. The zero-order valence-corrected chi connectivity index (χ0v) is 24.9. The van der Waals surface area contributed by atoms with E-state index >= 15 is 0 Å². The molecule has 2 N–H and O–H groups in total. The van der Waals surface area contributed by atoms with Crippen LogP contribution in [-0.2, 0) is 22.7 Å². The normalized spacial score (nSPS) is 12.2. The average molecular weight is 602 g/mol. The highest BCUT2D eigenvalue weighted by Gasteiger charge is 2.52. The molecule has 5 aromatic rings. The summed E-state index contributed by atoms with van der Waals surface area (Å²) in [4.78, 5) is 30.3. The second kappa shape index (κ2) is 12.7. The molecule has 0 saturated heterocycles. The van der Waals surface area contributed by atoms with Crippen LogP contribution >= 0.6 is 22.7 Å². The summed E-state index contributed by atoms with van der Waals surface area (Å²) in [6, 6.07) is 21.6. The van der Waals surface area contributed by atoms with E-state index in [0.29, 0.717) is 30.8 Å². The summed E-state index contributed by atoms with van der Waals surface area (Å²) in [6.45, 7) is 4.23. The highest BCUT2D eigenvalue weighted by atomic mass is 32.1. The van der Waals surface area contributed by atoms with E-state index in [0.717, 1.165) is 32.5 Å². The molecule has 0 aliphatic heterocycles. The van der Waals surface area contributed by atoms with E-state index < -0.39 is 23.3 Å². The molecule has 0 fully saturated rings. The van der Waals surface area contributed by atoms with E-state index in [-0.39, 0.29) is 6.42 Å². The predicted octanol–water partition coefficient (Wildman–Crippen LogP) is 7.42. The Kier molecular flexibility index (Phi) is 8.84. The molecule has 0 spiro atoms. The van der Waals surface area contributed by atoms with Crippen LogP contribution in [-0.4, -0.2) is 36.9 Å². The van der Waals surface area contributed by atoms with Crippen molar-refractivity contribution in [3.05, 3.63) is 101 Å². The Hall–Kier alpha value is -4.28. The summed E-state index contributed by atoms with van der Waals surface area (Å²) >= 11 is 3.07. The van der Waals surface area contributed by atoms with Gasteiger partial charge in [0, 0.05) is 28.6 Å². The monoisotopic (exact) mass is 601 g/mol. The highest BCUT2D eigenvalue weighted by Crippen LogP contribution is 2.45. The molecule has 5 rings (SSSR count). The first-order valence-electron chi connectivity index (χ1n) is 13.6. The van der Waals surface area contributed by atoms with Gasteiger partial charge in [0.1, 0.15) is 23.1 Å². The van der Waals surface area contributed by atoms with Crippen molar-refractivity contribution in [3.8, 4) is 26.9 Å². The molecule has 0 bridgehead atoms. The van der Waals surface area contributed by atoms with Crippen LogP contribution in [0.25, 0.3) is 21.1 Å². The van der Waals surface area contributed by atoms with Crippen LogP contribution in [0.1, 0.15) is 49.4 Å². The van der Waals surface area contributed by atoms with Crippen molar-refractivity contribution >= 4 is 34.6 Å². The van der Waals surface area contributed by atoms with Crippen molar-refractivity contribution in [2.75, 3.05) is 0 Å². The number of thiazole rings is 1. The molecule has 0 saturated carbocycles. The molecular formula is C32H31N3O5S2. The second-order valence-corrected chi connectivity index (χ2v) is 11.8. The lowest BCUT2D eigenvalue weighted by Gasteiger charge is -2.32. The number of carbonyl (C=O) groups is 2. The van der Waals surface area contributed by atoms with Crippen LogP contribution < -0.4 is 4.74 Å². The summed E-state index contributed by atoms with van der Waals surface area (Å²) in [7, 11) is 0. The summed E-state index contributed by atoms with van der Waals surface area (Å²) in [5.41, 5.74) is 2.22. The van der Waals surface area contributed by atoms with Gasteiger partial charge in [0.05, 0.1) is 17.1 Å². The largest absolute Gasteiger partial charge is 0.487 e. The number of thiophene rings is 1. The van der Waals surface area contributed by atoms with Crippen LogP contribution in [0.2, 0.25) is 0 Å². The number of hydrogen-bond donors (Lipinski definition) is 2. The number of aliphatic carboxylic acids is 2. The van der Waals surface area contributed by atoms with Crippen molar-refractivity contribution < 1.29 is 24.5 Å². The first kappa shape index (κ1) is 29.2. The van der Waals surface area contributed by atoms with Gasteiger partial charge in [-0.2, -0.15) is 5.10 Å². The van der Waals surface area contributed by atoms with Crippen LogP contribution in [0.5, 0.6) is 5.75 Å². The van der Waals surface area contributed by atoms with Gasteiger partial charge in [-0.15, -0.1) is 22.7 Å². The van der Waals surface area contributed by atoms with Crippen molar-refractivity contribution in [3.63, 3.8) is 0 Å². The van der Waals surface area contributed by atoms with E-state index in [1.54, 1.807) is 29.1 Å². The minimum absolute atomic E-state index is 0.0405. The van der Waals surface area contributed by atoms with Gasteiger partial charge in [0.15, 0.2) is 5.41 Å². The van der Waals surface area contributed by atoms with E-state index in [1.807, 2.05) is 84.4 Å². The molecule has 0 aliphatic rings. The van der Waals surface area contributed by atoms with Gasteiger partial charge in [-0.1, -0.05) is 62.4 Å². The Morgan fingerprint density at radius 2 is 1.71 bits per heavy atom. The summed E-state index contributed by atoms with van der Waals surface area (Å²) in [5.74, 6) is -2.71. The summed E-state index contributed by atoms with van der Waals surface area (Å²) in [6.07, 6.45) is 2.10. The first-order chi connectivity index (χ1) is 20.3. The number of benzene rings is 2. The smallest absolute Gasteiger partial charge is 0.321 e. The number of hydrogen-bond acceptors (Lipinski definition) is 7. The highest BCUT2D eigenvalue weighted by molar-refractivity contribution is 7.13. The zero-order chi connectivity index (χ0) is 29.7. The topological polar surface area (TPSA) is 115 Å². The maximum atomic E-state index is 12.4. The van der Waals surface area contributed by atoms with Crippen LogP contribution in [0.3, 0.4) is 0 Å². The zero-order valence-electron chi connectivity index (χ0n) is 23.3. The molecule has 0 radical (unpaired) electrons. The average Bonchev–Trinajstić information content (AvgIpc) is 3.77. The number of carboxylic acids is 2. The molecule has 1 unspecified atom stereocenters. The van der Waals surface area contributed by atoms with Gasteiger partial charge in [-0.05, 0) is 42.0 Å². The molecule has 0 aliphatic carbocycles. The molecule has 3 aromatic heterocycles. The van der Waals surface area contributed by atoms with Crippen LogP contribution in [0, 0.1) is 5.41 Å². The Bertz CT molecular complexity index is 1630.